The molecule has 0 fully saturated rings. The van der Waals surface area contributed by atoms with Crippen LogP contribution in [-0.4, -0.2) is 18.4 Å². The number of carboxylic acid groups (broad SMARTS) is 1. The summed E-state index contributed by atoms with van der Waals surface area (Å²) < 4.78 is 5.71. The van der Waals surface area contributed by atoms with Gasteiger partial charge in [-0.1, -0.05) is 6.07 Å². The Hall–Kier alpha value is -2.82. The van der Waals surface area contributed by atoms with Gasteiger partial charge in [-0.05, 0) is 61.4 Å². The van der Waals surface area contributed by atoms with E-state index in [1.54, 1.807) is 24.3 Å². The van der Waals surface area contributed by atoms with Crippen molar-refractivity contribution >= 4 is 11.9 Å². The van der Waals surface area contributed by atoms with Crippen molar-refractivity contribution in [2.45, 2.75) is 13.8 Å². The summed E-state index contributed by atoms with van der Waals surface area (Å²) in [7, 11) is 0. The molecular formula is C17H16NO4-. The van der Waals surface area contributed by atoms with Crippen LogP contribution in [0.3, 0.4) is 0 Å². The molecule has 5 heteroatoms. The number of carbonyl (C=O) groups excluding carboxylic acids is 2. The van der Waals surface area contributed by atoms with Gasteiger partial charge in [-0.25, -0.2) is 0 Å². The molecule has 0 saturated heterocycles. The van der Waals surface area contributed by atoms with Crippen LogP contribution in [0.2, 0.25) is 0 Å². The number of hydrogen-bond donors (Lipinski definition) is 1. The fraction of sp³-hybridized carbons (Fsp3) is 0.176. The number of aryl methyl sites for hydroxylation is 2. The molecule has 5 nitrogen and oxygen atoms in total. The largest absolute Gasteiger partial charge is 0.548 e. The predicted octanol–water partition coefficient (Wildman–Crippen LogP) is 1.58. The number of carboxylic acids is 1. The van der Waals surface area contributed by atoms with Crippen molar-refractivity contribution in [3.8, 4) is 11.5 Å². The third kappa shape index (κ3) is 4.09. The Balaban J connectivity index is 2.03. The van der Waals surface area contributed by atoms with Gasteiger partial charge in [0, 0.05) is 5.56 Å². The molecular weight excluding hydrogens is 282 g/mol. The van der Waals surface area contributed by atoms with Crippen LogP contribution in [0.15, 0.2) is 42.5 Å². The fourth-order valence-electron chi connectivity index (χ4n) is 1.84. The topological polar surface area (TPSA) is 78.5 Å². The predicted molar refractivity (Wildman–Crippen MR) is 79.8 cm³/mol. The molecule has 2 aromatic carbocycles. The number of aliphatic carboxylic acids is 1. The molecule has 1 amide bonds. The number of hydrogen-bond acceptors (Lipinski definition) is 4. The molecule has 2 rings (SSSR count). The van der Waals surface area contributed by atoms with E-state index in [-0.39, 0.29) is 0 Å². The van der Waals surface area contributed by atoms with Gasteiger partial charge in [0.05, 0.1) is 12.5 Å². The van der Waals surface area contributed by atoms with Gasteiger partial charge < -0.3 is 20.0 Å². The Labute approximate surface area is 128 Å². The first kappa shape index (κ1) is 15.6. The summed E-state index contributed by atoms with van der Waals surface area (Å²) in [6.45, 7) is 3.52. The van der Waals surface area contributed by atoms with Crippen molar-refractivity contribution in [2.75, 3.05) is 6.54 Å². The molecule has 0 saturated carbocycles. The third-order valence-corrected chi connectivity index (χ3v) is 3.22. The Morgan fingerprint density at radius 1 is 1.00 bits per heavy atom. The smallest absolute Gasteiger partial charge is 0.251 e. The third-order valence-electron chi connectivity index (χ3n) is 3.22. The standard InChI is InChI=1S/C17H17NO4/c1-11-3-6-15(9-12(11)2)22-14-7-4-13(5-8-14)17(21)18-10-16(19)20/h3-9H,10H2,1-2H3,(H,18,21)(H,19,20)/p-1. The first-order valence-corrected chi connectivity index (χ1v) is 6.79. The van der Waals surface area contributed by atoms with Gasteiger partial charge >= 0.3 is 0 Å². The minimum absolute atomic E-state index is 0.355. The van der Waals surface area contributed by atoms with Crippen LogP contribution < -0.4 is 15.2 Å². The fourth-order valence-corrected chi connectivity index (χ4v) is 1.84. The summed E-state index contributed by atoms with van der Waals surface area (Å²) in [5.41, 5.74) is 2.68. The van der Waals surface area contributed by atoms with Gasteiger partial charge in [0.25, 0.3) is 5.91 Å². The van der Waals surface area contributed by atoms with E-state index in [2.05, 4.69) is 5.32 Å². The summed E-state index contributed by atoms with van der Waals surface area (Å²) in [4.78, 5) is 22.0. The van der Waals surface area contributed by atoms with Gasteiger partial charge in [0.1, 0.15) is 11.5 Å². The molecule has 0 bridgehead atoms. The Morgan fingerprint density at radius 2 is 1.64 bits per heavy atom. The van der Waals surface area contributed by atoms with Crippen LogP contribution in [0.4, 0.5) is 0 Å². The lowest BCUT2D eigenvalue weighted by Gasteiger charge is -2.09. The van der Waals surface area contributed by atoms with E-state index < -0.39 is 18.4 Å². The highest BCUT2D eigenvalue weighted by atomic mass is 16.5. The van der Waals surface area contributed by atoms with Crippen LogP contribution in [0, 0.1) is 13.8 Å². The molecule has 2 aromatic rings. The molecule has 0 atom stereocenters. The number of rotatable bonds is 5. The molecule has 0 heterocycles. The number of ether oxygens (including phenoxy) is 1. The zero-order valence-corrected chi connectivity index (χ0v) is 12.4. The average molecular weight is 298 g/mol. The lowest BCUT2D eigenvalue weighted by Crippen LogP contribution is -2.37. The van der Waals surface area contributed by atoms with E-state index in [0.29, 0.717) is 11.3 Å². The van der Waals surface area contributed by atoms with Crippen LogP contribution in [0.1, 0.15) is 21.5 Å². The van der Waals surface area contributed by atoms with E-state index in [1.807, 2.05) is 32.0 Å². The minimum Gasteiger partial charge on any atom is -0.548 e. The second-order valence-corrected chi connectivity index (χ2v) is 4.93. The highest BCUT2D eigenvalue weighted by Gasteiger charge is 2.06. The summed E-state index contributed by atoms with van der Waals surface area (Å²) >= 11 is 0. The van der Waals surface area contributed by atoms with Gasteiger partial charge in [0.2, 0.25) is 0 Å². The van der Waals surface area contributed by atoms with Crippen molar-refractivity contribution in [1.82, 2.24) is 5.32 Å². The number of carbonyl (C=O) groups is 2. The Morgan fingerprint density at radius 3 is 2.23 bits per heavy atom. The number of amides is 1. The quantitative estimate of drug-likeness (QED) is 0.909. The van der Waals surface area contributed by atoms with E-state index in [9.17, 15) is 14.7 Å². The van der Waals surface area contributed by atoms with Crippen LogP contribution in [0.25, 0.3) is 0 Å². The maximum Gasteiger partial charge on any atom is 0.251 e. The molecule has 0 spiro atoms. The second-order valence-electron chi connectivity index (χ2n) is 4.93. The van der Waals surface area contributed by atoms with E-state index in [1.165, 1.54) is 5.56 Å². The van der Waals surface area contributed by atoms with Gasteiger partial charge in [-0.3, -0.25) is 4.79 Å². The first-order valence-electron chi connectivity index (χ1n) is 6.79. The molecule has 1 N–H and O–H groups in total. The van der Waals surface area contributed by atoms with E-state index >= 15 is 0 Å². The number of benzene rings is 2. The highest BCUT2D eigenvalue weighted by Crippen LogP contribution is 2.23. The second kappa shape index (κ2) is 6.76. The van der Waals surface area contributed by atoms with Gasteiger partial charge in [-0.15, -0.1) is 0 Å². The maximum absolute atomic E-state index is 11.7. The lowest BCUT2D eigenvalue weighted by atomic mass is 10.1. The summed E-state index contributed by atoms with van der Waals surface area (Å²) in [6, 6.07) is 12.2. The van der Waals surface area contributed by atoms with Crippen molar-refractivity contribution in [3.05, 3.63) is 59.2 Å². The molecule has 0 unspecified atom stereocenters. The Kier molecular flexibility index (Phi) is 4.78. The molecule has 0 aliphatic carbocycles. The lowest BCUT2D eigenvalue weighted by molar-refractivity contribution is -0.303. The minimum atomic E-state index is -1.33. The highest BCUT2D eigenvalue weighted by molar-refractivity contribution is 5.95. The van der Waals surface area contributed by atoms with E-state index in [0.717, 1.165) is 11.3 Å². The summed E-state index contributed by atoms with van der Waals surface area (Å²) in [6.07, 6.45) is 0. The average Bonchev–Trinajstić information content (AvgIpc) is 2.49. The normalized spacial score (nSPS) is 10.1. The van der Waals surface area contributed by atoms with Crippen molar-refractivity contribution in [2.24, 2.45) is 0 Å². The molecule has 0 aliphatic heterocycles. The zero-order chi connectivity index (χ0) is 16.1. The molecule has 0 radical (unpaired) electrons. The summed E-state index contributed by atoms with van der Waals surface area (Å²) in [5.74, 6) is -0.484. The van der Waals surface area contributed by atoms with Gasteiger partial charge in [0.15, 0.2) is 0 Å². The van der Waals surface area contributed by atoms with Crippen LogP contribution in [0.5, 0.6) is 11.5 Å². The van der Waals surface area contributed by atoms with Crippen molar-refractivity contribution < 1.29 is 19.4 Å². The summed E-state index contributed by atoms with van der Waals surface area (Å²) in [5, 5.41) is 12.5. The molecule has 0 aliphatic rings. The van der Waals surface area contributed by atoms with E-state index in [4.69, 9.17) is 4.74 Å². The molecule has 0 aromatic heterocycles. The number of nitrogens with one attached hydrogen (secondary N) is 1. The van der Waals surface area contributed by atoms with Gasteiger partial charge in [-0.2, -0.15) is 0 Å². The van der Waals surface area contributed by atoms with Crippen molar-refractivity contribution in [1.29, 1.82) is 0 Å². The Bertz CT molecular complexity index is 692. The van der Waals surface area contributed by atoms with Crippen LogP contribution in [-0.2, 0) is 4.79 Å². The zero-order valence-electron chi connectivity index (χ0n) is 12.4. The maximum atomic E-state index is 11.7. The van der Waals surface area contributed by atoms with Crippen molar-refractivity contribution in [3.63, 3.8) is 0 Å². The first-order chi connectivity index (χ1) is 10.5. The molecule has 114 valence electrons. The van der Waals surface area contributed by atoms with Crippen LogP contribution >= 0.6 is 0 Å². The monoisotopic (exact) mass is 298 g/mol. The SMILES string of the molecule is Cc1ccc(Oc2ccc(C(=O)NCC(=O)[O-])cc2)cc1C. The molecule has 22 heavy (non-hydrogen) atoms.